The highest BCUT2D eigenvalue weighted by molar-refractivity contribution is 6.31. The molecule has 4 aromatic carbocycles. The lowest BCUT2D eigenvalue weighted by atomic mass is 10.0. The van der Waals surface area contributed by atoms with Crippen molar-refractivity contribution >= 4 is 41.0 Å². The van der Waals surface area contributed by atoms with Crippen molar-refractivity contribution in [3.8, 4) is 23.0 Å². The molecule has 0 aromatic heterocycles. The summed E-state index contributed by atoms with van der Waals surface area (Å²) in [6.07, 6.45) is 0. The minimum atomic E-state index is -2.99. The summed E-state index contributed by atoms with van der Waals surface area (Å²) < 4.78 is 201. The molecule has 0 aliphatic heterocycles. The summed E-state index contributed by atoms with van der Waals surface area (Å²) in [6.45, 7) is 0.617. The summed E-state index contributed by atoms with van der Waals surface area (Å²) in [7, 11) is 0.723. The number of rotatable bonds is 9. The Morgan fingerprint density at radius 3 is 1.26 bits per heavy atom. The summed E-state index contributed by atoms with van der Waals surface area (Å²) in [4.78, 5) is 47.8. The summed E-state index contributed by atoms with van der Waals surface area (Å²) in [5.74, 6) is -54.0. The van der Waals surface area contributed by atoms with Crippen molar-refractivity contribution in [2.75, 3.05) is 7.05 Å². The van der Waals surface area contributed by atoms with Gasteiger partial charge in [-0.1, -0.05) is 17.3 Å². The van der Waals surface area contributed by atoms with Crippen molar-refractivity contribution in [1.29, 1.82) is 0 Å². The monoisotopic (exact) mass is 807 g/mol. The molecule has 3 N–H and O–H groups in total. The van der Waals surface area contributed by atoms with Crippen LogP contribution in [0.1, 0.15) is 47.0 Å². The van der Waals surface area contributed by atoms with Crippen LogP contribution >= 0.6 is 11.6 Å². The molecule has 0 unspecified atom stereocenters. The van der Waals surface area contributed by atoms with E-state index in [0.29, 0.717) is 6.92 Å². The number of hydrogen-bond donors (Lipinski definition) is 3. The molecule has 4 rings (SSSR count). The molecule has 0 fully saturated rings. The zero-order valence-corrected chi connectivity index (χ0v) is 26.3. The number of hydrogen-bond acceptors (Lipinski definition) is 6. The number of amides is 2. The van der Waals surface area contributed by atoms with Crippen LogP contribution < -0.4 is 14.8 Å². The van der Waals surface area contributed by atoms with Crippen molar-refractivity contribution < 1.29 is 95.9 Å². The Morgan fingerprint density at radius 2 is 0.870 bits per heavy atom. The van der Waals surface area contributed by atoms with Crippen LogP contribution in [0.5, 0.6) is 23.0 Å². The number of carboxylic acid groups (broad SMARTS) is 2. The molecule has 54 heavy (non-hydrogen) atoms. The van der Waals surface area contributed by atoms with Crippen molar-refractivity contribution in [3.63, 3.8) is 0 Å². The summed E-state index contributed by atoms with van der Waals surface area (Å²) >= 11 is 5.32. The fourth-order valence-corrected chi connectivity index (χ4v) is 4.59. The third kappa shape index (κ3) is 6.39. The van der Waals surface area contributed by atoms with E-state index < -0.39 is 161 Å². The Morgan fingerprint density at radius 1 is 0.519 bits per heavy atom. The molecule has 0 atom stereocenters. The van der Waals surface area contributed by atoms with E-state index in [0.717, 1.165) is 7.05 Å². The molecule has 0 bridgehead atoms. The van der Waals surface area contributed by atoms with Gasteiger partial charge in [0.1, 0.15) is 27.8 Å². The topological polar surface area (TPSA) is 153 Å². The Hall–Kier alpha value is -6.26. The van der Waals surface area contributed by atoms with Crippen molar-refractivity contribution in [2.24, 2.45) is 0 Å². The fourth-order valence-electron chi connectivity index (χ4n) is 4.36. The van der Waals surface area contributed by atoms with Gasteiger partial charge < -0.3 is 35.1 Å². The first kappa shape index (κ1) is 40.5. The number of aromatic carboxylic acids is 2. The minimum absolute atomic E-state index is 0.617. The Bertz CT molecular complexity index is 2320. The number of ether oxygens (including phenoxy) is 2. The molecule has 0 saturated carbocycles. The normalized spacial score (nSPS) is 11.0. The second-order valence-corrected chi connectivity index (χ2v) is 10.4. The quantitative estimate of drug-likeness (QED) is 0.0864. The molecule has 4 aromatic rings. The first-order valence-corrected chi connectivity index (χ1v) is 13.8. The second kappa shape index (κ2) is 14.6. The molecule has 10 nitrogen and oxygen atoms in total. The second-order valence-electron chi connectivity index (χ2n) is 10.00. The Balaban J connectivity index is 1.90. The van der Waals surface area contributed by atoms with Gasteiger partial charge in [-0.2, -0.15) is 26.3 Å². The first-order valence-electron chi connectivity index (χ1n) is 13.4. The molecule has 0 saturated heterocycles. The lowest BCUT2D eigenvalue weighted by Crippen LogP contribution is -2.25. The van der Waals surface area contributed by atoms with Gasteiger partial charge in [0.25, 0.3) is 5.91 Å². The van der Waals surface area contributed by atoms with Gasteiger partial charge in [-0.05, 0) is 6.92 Å². The zero-order chi connectivity index (χ0) is 41.0. The largest absolute Gasteiger partial charge is 0.618 e. The van der Waals surface area contributed by atoms with E-state index in [1.807, 2.05) is 0 Å². The van der Waals surface area contributed by atoms with Crippen LogP contribution in [0.15, 0.2) is 0 Å². The Kier molecular flexibility index (Phi) is 11.0. The fraction of sp³-hybridized carbons (Fsp3) is 0.0667. The van der Waals surface area contributed by atoms with Crippen LogP contribution in [0.25, 0.3) is 5.32 Å². The van der Waals surface area contributed by atoms with E-state index in [2.05, 4.69) is 14.8 Å². The van der Waals surface area contributed by atoms with Crippen molar-refractivity contribution in [3.05, 3.63) is 114 Å². The van der Waals surface area contributed by atoms with E-state index in [9.17, 15) is 55.0 Å². The maximum atomic E-state index is 15.6. The van der Waals surface area contributed by atoms with Gasteiger partial charge in [-0.25, -0.2) is 40.3 Å². The average molecular weight is 808 g/mol. The molecule has 286 valence electrons. The number of carbonyl (C=O) groups excluding carboxylic acids is 2. The SMILES string of the molecule is CNC(=O)c1c(F)c(Oc2c(F)c(F)c(Oc3c(F)c(F)c(C(=O)O)c(C(=O)[N-]c4c(F)c(C)c(F)c(Cl)c4F)c3F)c(F)c2F)c(F)c(F)c1C(=O)O. The molecule has 0 aliphatic carbocycles. The highest BCUT2D eigenvalue weighted by atomic mass is 35.5. The van der Waals surface area contributed by atoms with Gasteiger partial charge >= 0.3 is 11.9 Å². The summed E-state index contributed by atoms with van der Waals surface area (Å²) in [6, 6.07) is 0. The van der Waals surface area contributed by atoms with Crippen LogP contribution in [0.2, 0.25) is 5.02 Å². The molecular formula is C30H9ClF13N2O8-. The van der Waals surface area contributed by atoms with Crippen molar-refractivity contribution in [2.45, 2.75) is 6.92 Å². The first-order chi connectivity index (χ1) is 25.0. The summed E-state index contributed by atoms with van der Waals surface area (Å²) in [5.41, 5.74) is -11.5. The van der Waals surface area contributed by atoms with Gasteiger partial charge in [0.15, 0.2) is 29.1 Å². The molecule has 0 aliphatic rings. The standard InChI is InChI=1S/C30H10ClF13N2O8/c1-3-9(32)8(31)15(38)22(10(3)33)46-28(48)5-7(30(51)52)12(35)17(40)24(14(5)37)54-26-20(43)18(41)25(19(42)21(26)44)53-23-13(36)4(27(47)45-2)6(29(49)50)11(34)16(23)39/h1-2H3,(H4,45,46,47,48,49,50,51,52)/p-1. The van der Waals surface area contributed by atoms with Gasteiger partial charge in [0.05, 0.1) is 17.0 Å². The van der Waals surface area contributed by atoms with Crippen LogP contribution in [0.3, 0.4) is 0 Å². The van der Waals surface area contributed by atoms with E-state index in [4.69, 9.17) is 16.7 Å². The maximum absolute atomic E-state index is 15.6. The number of nitrogens with one attached hydrogen (secondary N) is 1. The third-order valence-electron chi connectivity index (χ3n) is 6.92. The van der Waals surface area contributed by atoms with Crippen molar-refractivity contribution in [1.82, 2.24) is 5.32 Å². The number of benzene rings is 4. The lowest BCUT2D eigenvalue weighted by Gasteiger charge is -2.25. The molecule has 0 radical (unpaired) electrons. The highest BCUT2D eigenvalue weighted by Gasteiger charge is 2.38. The Labute approximate surface area is 293 Å². The van der Waals surface area contributed by atoms with Crippen LogP contribution in [-0.2, 0) is 0 Å². The number of carbonyl (C=O) groups is 4. The smallest absolute Gasteiger partial charge is 0.339 e. The lowest BCUT2D eigenvalue weighted by molar-refractivity contribution is 0.0675. The summed E-state index contributed by atoms with van der Waals surface area (Å²) in [5, 5.41) is 21.2. The van der Waals surface area contributed by atoms with Gasteiger partial charge in [-0.15, -0.1) is 0 Å². The third-order valence-corrected chi connectivity index (χ3v) is 7.25. The van der Waals surface area contributed by atoms with Crippen LogP contribution in [0, 0.1) is 82.5 Å². The number of nitrogens with zero attached hydrogens (tertiary/aromatic N) is 1. The predicted molar refractivity (Wildman–Crippen MR) is 150 cm³/mol. The molecular weight excluding hydrogens is 799 g/mol. The average Bonchev–Trinajstić information content (AvgIpc) is 3.12. The van der Waals surface area contributed by atoms with E-state index in [-0.39, 0.29) is 0 Å². The maximum Gasteiger partial charge on any atom is 0.339 e. The number of carboxylic acids is 2. The molecule has 24 heteroatoms. The van der Waals surface area contributed by atoms with E-state index in [1.165, 1.54) is 0 Å². The predicted octanol–water partition coefficient (Wildman–Crippen LogP) is 8.64. The molecule has 0 spiro atoms. The number of halogens is 14. The minimum Gasteiger partial charge on any atom is -0.618 e. The van der Waals surface area contributed by atoms with E-state index >= 15 is 26.3 Å². The van der Waals surface area contributed by atoms with Gasteiger partial charge in [0.2, 0.25) is 57.9 Å². The van der Waals surface area contributed by atoms with Gasteiger partial charge in [-0.3, -0.25) is 4.79 Å². The van der Waals surface area contributed by atoms with Crippen LogP contribution in [0.4, 0.5) is 62.8 Å². The molecule has 2 amide bonds. The highest BCUT2D eigenvalue weighted by Crippen LogP contribution is 2.44. The van der Waals surface area contributed by atoms with Crippen LogP contribution in [-0.4, -0.2) is 41.0 Å². The van der Waals surface area contributed by atoms with Gasteiger partial charge in [0, 0.05) is 12.6 Å². The zero-order valence-electron chi connectivity index (χ0n) is 25.6. The molecule has 0 heterocycles. The van der Waals surface area contributed by atoms with E-state index in [1.54, 1.807) is 5.32 Å².